The van der Waals surface area contributed by atoms with Crippen LogP contribution in [0.4, 0.5) is 10.6 Å². The fourth-order valence-electron chi connectivity index (χ4n) is 4.12. The minimum atomic E-state index is -1.21. The number of ether oxygens (including phenoxy) is 2. The molecule has 0 aliphatic carbocycles. The number of aromatic nitrogens is 5. The zero-order valence-corrected chi connectivity index (χ0v) is 24.0. The van der Waals surface area contributed by atoms with Crippen molar-refractivity contribution < 1.29 is 24.0 Å². The Bertz CT molecular complexity index is 1390. The lowest BCUT2D eigenvalue weighted by Gasteiger charge is -2.36. The molecular formula is C26H35N7O5S. The molecule has 0 spiro atoms. The lowest BCUT2D eigenvalue weighted by Crippen LogP contribution is -2.48. The highest BCUT2D eigenvalue weighted by molar-refractivity contribution is 7.99. The Morgan fingerprint density at radius 2 is 2.08 bits per heavy atom. The van der Waals surface area contributed by atoms with Crippen LogP contribution in [0.5, 0.6) is 5.75 Å². The second kappa shape index (κ2) is 11.3. The maximum atomic E-state index is 12.8. The number of fused-ring (bicyclic) bond motifs is 1. The summed E-state index contributed by atoms with van der Waals surface area (Å²) in [5.41, 5.74) is 6.02. The van der Waals surface area contributed by atoms with Gasteiger partial charge in [0, 0.05) is 37.1 Å². The van der Waals surface area contributed by atoms with Gasteiger partial charge in [-0.1, -0.05) is 5.92 Å². The highest BCUT2D eigenvalue weighted by atomic mass is 32.2. The molecule has 4 heterocycles. The Morgan fingerprint density at radius 1 is 1.31 bits per heavy atom. The molecule has 3 N–H and O–H groups in total. The number of aryl methyl sites for hydroxylation is 1. The molecule has 3 aromatic heterocycles. The first-order valence-electron chi connectivity index (χ1n) is 12.8. The number of pyridine rings is 1. The Balaban J connectivity index is 1.65. The number of hydrogen-bond acceptors (Lipinski definition) is 11. The first kappa shape index (κ1) is 28.5. The number of nitrogens with two attached hydrogens (primary N) is 1. The summed E-state index contributed by atoms with van der Waals surface area (Å²) < 4.78 is 18.6. The van der Waals surface area contributed by atoms with Crippen molar-refractivity contribution in [3.8, 4) is 29.1 Å². The summed E-state index contributed by atoms with van der Waals surface area (Å²) in [6.45, 7) is 12.2. The summed E-state index contributed by atoms with van der Waals surface area (Å²) in [6, 6.07) is -0.0216. The molecule has 3 aromatic rings. The Morgan fingerprint density at radius 3 is 2.72 bits per heavy atom. The van der Waals surface area contributed by atoms with Gasteiger partial charge in [-0.2, -0.15) is 11.8 Å². The van der Waals surface area contributed by atoms with Crippen LogP contribution in [0.25, 0.3) is 22.6 Å². The SMILES string of the molecule is CCn1c(-c2nonc2N)nc2c(C#CC(C)(C)O)ncc(OCCC3CSCCN3C(=O)OC(C)(C)C)c21. The van der Waals surface area contributed by atoms with Gasteiger partial charge in [-0.05, 0) is 57.8 Å². The Hall–Kier alpha value is -3.50. The van der Waals surface area contributed by atoms with E-state index in [1.54, 1.807) is 24.9 Å². The van der Waals surface area contributed by atoms with E-state index < -0.39 is 11.2 Å². The topological polar surface area (TPSA) is 155 Å². The monoisotopic (exact) mass is 557 g/mol. The number of imidazole rings is 1. The average Bonchev–Trinajstić information content (AvgIpc) is 3.45. The van der Waals surface area contributed by atoms with Crippen LogP contribution in [0.2, 0.25) is 0 Å². The number of nitrogen functional groups attached to an aromatic ring is 1. The molecule has 210 valence electrons. The quantitative estimate of drug-likeness (QED) is 0.429. The molecule has 13 heteroatoms. The highest BCUT2D eigenvalue weighted by Crippen LogP contribution is 2.33. The normalized spacial score (nSPS) is 16.2. The molecule has 1 amide bonds. The van der Waals surface area contributed by atoms with Gasteiger partial charge in [-0.15, -0.1) is 0 Å². The van der Waals surface area contributed by atoms with E-state index in [4.69, 9.17) is 24.8 Å². The van der Waals surface area contributed by atoms with Crippen LogP contribution in [-0.4, -0.2) is 82.8 Å². The molecule has 1 fully saturated rings. The maximum Gasteiger partial charge on any atom is 0.410 e. The van der Waals surface area contributed by atoms with Crippen molar-refractivity contribution in [1.29, 1.82) is 0 Å². The van der Waals surface area contributed by atoms with Crippen LogP contribution >= 0.6 is 11.8 Å². The van der Waals surface area contributed by atoms with Gasteiger partial charge in [0.15, 0.2) is 23.1 Å². The summed E-state index contributed by atoms with van der Waals surface area (Å²) in [7, 11) is 0. The average molecular weight is 558 g/mol. The van der Waals surface area contributed by atoms with Gasteiger partial charge in [0.05, 0.1) is 12.8 Å². The van der Waals surface area contributed by atoms with E-state index in [-0.39, 0.29) is 18.0 Å². The van der Waals surface area contributed by atoms with Crippen molar-refractivity contribution in [3.05, 3.63) is 11.9 Å². The molecule has 1 atom stereocenters. The molecule has 1 saturated heterocycles. The summed E-state index contributed by atoms with van der Waals surface area (Å²) in [4.78, 5) is 23.8. The molecule has 0 aromatic carbocycles. The van der Waals surface area contributed by atoms with Gasteiger partial charge in [0.25, 0.3) is 0 Å². The highest BCUT2D eigenvalue weighted by Gasteiger charge is 2.31. The molecule has 0 radical (unpaired) electrons. The summed E-state index contributed by atoms with van der Waals surface area (Å²) in [5, 5.41) is 17.7. The van der Waals surface area contributed by atoms with Crippen molar-refractivity contribution in [2.24, 2.45) is 0 Å². The third-order valence-electron chi connectivity index (χ3n) is 5.83. The number of aliphatic hydroxyl groups is 1. The first-order valence-corrected chi connectivity index (χ1v) is 14.0. The molecule has 0 bridgehead atoms. The van der Waals surface area contributed by atoms with Gasteiger partial charge in [-0.25, -0.2) is 19.4 Å². The van der Waals surface area contributed by atoms with Crippen molar-refractivity contribution in [2.75, 3.05) is 30.4 Å². The molecule has 4 rings (SSSR count). The smallest absolute Gasteiger partial charge is 0.410 e. The standard InChI is InChI=1S/C26H35N7O5S/c1-7-32-21-18(36-12-9-16-15-39-13-11-33(16)24(34)37-25(2,3)4)14-28-17(8-10-26(5,6)35)19(21)29-23(32)20-22(27)31-38-30-20/h14,16,35H,7,9,11-13,15H2,1-6H3,(H2,27,31). The van der Waals surface area contributed by atoms with Gasteiger partial charge in [-0.3, -0.25) is 0 Å². The Labute approximate surface area is 231 Å². The van der Waals surface area contributed by atoms with Gasteiger partial charge < -0.3 is 29.8 Å². The summed E-state index contributed by atoms with van der Waals surface area (Å²) in [6.07, 6.45) is 1.90. The number of rotatable bonds is 6. The number of carbonyl (C=O) groups excluding carboxylic acids is 1. The number of hydrogen-bond donors (Lipinski definition) is 2. The van der Waals surface area contributed by atoms with Crippen LogP contribution in [-0.2, 0) is 11.3 Å². The minimum Gasteiger partial charge on any atom is -0.490 e. The molecular weight excluding hydrogens is 522 g/mol. The predicted molar refractivity (Wildman–Crippen MR) is 148 cm³/mol. The minimum absolute atomic E-state index is 0.0216. The number of anilines is 1. The molecule has 0 saturated carbocycles. The van der Waals surface area contributed by atoms with E-state index in [1.807, 2.05) is 44.0 Å². The number of carbonyl (C=O) groups is 1. The fourth-order valence-corrected chi connectivity index (χ4v) is 5.23. The van der Waals surface area contributed by atoms with Crippen LogP contribution in [0.3, 0.4) is 0 Å². The van der Waals surface area contributed by atoms with Crippen LogP contribution in [0, 0.1) is 11.8 Å². The predicted octanol–water partition coefficient (Wildman–Crippen LogP) is 3.33. The van der Waals surface area contributed by atoms with Crippen LogP contribution in [0.15, 0.2) is 10.8 Å². The van der Waals surface area contributed by atoms with E-state index in [9.17, 15) is 9.90 Å². The molecule has 1 unspecified atom stereocenters. The fraction of sp³-hybridized carbons (Fsp3) is 0.577. The first-order chi connectivity index (χ1) is 18.4. The zero-order chi connectivity index (χ0) is 28.4. The molecule has 1 aliphatic rings. The summed E-state index contributed by atoms with van der Waals surface area (Å²) in [5.74, 6) is 8.44. The number of nitrogens with zero attached hydrogens (tertiary/aromatic N) is 6. The summed E-state index contributed by atoms with van der Waals surface area (Å²) >= 11 is 1.81. The third kappa shape index (κ3) is 6.75. The van der Waals surface area contributed by atoms with E-state index >= 15 is 0 Å². The van der Waals surface area contributed by atoms with E-state index in [1.165, 1.54) is 0 Å². The largest absolute Gasteiger partial charge is 0.490 e. The molecule has 1 aliphatic heterocycles. The van der Waals surface area contributed by atoms with Crippen LogP contribution in [0.1, 0.15) is 53.7 Å². The number of thioether (sulfide) groups is 1. The Kier molecular flexibility index (Phi) is 8.27. The van der Waals surface area contributed by atoms with Crippen molar-refractivity contribution in [2.45, 2.75) is 71.8 Å². The second-order valence-electron chi connectivity index (χ2n) is 10.7. The van der Waals surface area contributed by atoms with Crippen LogP contribution < -0.4 is 10.5 Å². The van der Waals surface area contributed by atoms with Crippen molar-refractivity contribution in [1.82, 2.24) is 29.7 Å². The van der Waals surface area contributed by atoms with Crippen molar-refractivity contribution >= 4 is 34.7 Å². The van der Waals surface area contributed by atoms with Gasteiger partial charge >= 0.3 is 6.09 Å². The van der Waals surface area contributed by atoms with E-state index in [0.717, 1.165) is 11.5 Å². The van der Waals surface area contributed by atoms with E-state index in [0.29, 0.717) is 60.1 Å². The number of amides is 1. The zero-order valence-electron chi connectivity index (χ0n) is 23.1. The van der Waals surface area contributed by atoms with E-state index in [2.05, 4.69) is 27.1 Å². The van der Waals surface area contributed by atoms with Crippen molar-refractivity contribution in [3.63, 3.8) is 0 Å². The lowest BCUT2D eigenvalue weighted by atomic mass is 10.1. The lowest BCUT2D eigenvalue weighted by molar-refractivity contribution is 0.0170. The maximum absolute atomic E-state index is 12.8. The third-order valence-corrected chi connectivity index (χ3v) is 6.92. The second-order valence-corrected chi connectivity index (χ2v) is 11.8. The van der Waals surface area contributed by atoms with Gasteiger partial charge in [0.1, 0.15) is 27.9 Å². The molecule has 12 nitrogen and oxygen atoms in total. The molecule has 39 heavy (non-hydrogen) atoms. The van der Waals surface area contributed by atoms with Gasteiger partial charge in [0.2, 0.25) is 0 Å².